The van der Waals surface area contributed by atoms with Crippen LogP contribution in [0.15, 0.2) is 53.4 Å². The number of carbonyl (C=O) groups excluding carboxylic acids is 1. The highest BCUT2D eigenvalue weighted by Crippen LogP contribution is 2.30. The second-order valence-corrected chi connectivity index (χ2v) is 9.35. The van der Waals surface area contributed by atoms with Gasteiger partial charge in [-0.1, -0.05) is 12.8 Å². The second kappa shape index (κ2) is 8.13. The molecule has 0 unspecified atom stereocenters. The molecule has 1 saturated carbocycles. The number of rotatable bonds is 6. The van der Waals surface area contributed by atoms with E-state index in [1.54, 1.807) is 48.5 Å². The van der Waals surface area contributed by atoms with Crippen molar-refractivity contribution in [3.05, 3.63) is 54.1 Å². The van der Waals surface area contributed by atoms with Crippen LogP contribution >= 0.6 is 0 Å². The quantitative estimate of drug-likeness (QED) is 0.795. The molecule has 0 spiro atoms. The molecule has 1 fully saturated rings. The zero-order valence-electron chi connectivity index (χ0n) is 15.6. The highest BCUT2D eigenvalue weighted by Gasteiger charge is 2.30. The van der Waals surface area contributed by atoms with Gasteiger partial charge in [-0.2, -0.15) is 0 Å². The lowest BCUT2D eigenvalue weighted by Crippen LogP contribution is -2.18. The molecule has 2 aromatic rings. The summed E-state index contributed by atoms with van der Waals surface area (Å²) < 4.78 is 30.8. The second-order valence-electron chi connectivity index (χ2n) is 7.12. The van der Waals surface area contributed by atoms with Gasteiger partial charge < -0.3 is 10.1 Å². The van der Waals surface area contributed by atoms with Crippen molar-refractivity contribution in [3.63, 3.8) is 0 Å². The molecule has 5 nitrogen and oxygen atoms in total. The number of carbonyl (C=O) groups is 1. The number of sulfone groups is 1. The molecule has 0 bridgehead atoms. The Hall–Kier alpha value is -2.34. The van der Waals surface area contributed by atoms with Gasteiger partial charge in [-0.25, -0.2) is 8.42 Å². The summed E-state index contributed by atoms with van der Waals surface area (Å²) in [5.41, 5.74) is 1.07. The molecule has 0 saturated heterocycles. The van der Waals surface area contributed by atoms with E-state index >= 15 is 0 Å². The van der Waals surface area contributed by atoms with E-state index in [0.29, 0.717) is 21.9 Å². The molecule has 6 heteroatoms. The minimum atomic E-state index is -3.28. The summed E-state index contributed by atoms with van der Waals surface area (Å²) in [4.78, 5) is 12.7. The molecule has 0 aromatic heterocycles. The first-order valence-corrected chi connectivity index (χ1v) is 10.8. The smallest absolute Gasteiger partial charge is 0.255 e. The van der Waals surface area contributed by atoms with Gasteiger partial charge in [-0.05, 0) is 75.2 Å². The Morgan fingerprint density at radius 3 is 2.15 bits per heavy atom. The van der Waals surface area contributed by atoms with Crippen molar-refractivity contribution in [1.29, 1.82) is 0 Å². The van der Waals surface area contributed by atoms with E-state index < -0.39 is 9.84 Å². The maximum Gasteiger partial charge on any atom is 0.255 e. The van der Waals surface area contributed by atoms with Crippen LogP contribution in [0.2, 0.25) is 0 Å². The van der Waals surface area contributed by atoms with Gasteiger partial charge >= 0.3 is 0 Å². The third-order valence-corrected chi connectivity index (χ3v) is 6.95. The molecule has 0 radical (unpaired) electrons. The normalized spacial score (nSPS) is 15.1. The average Bonchev–Trinajstić information content (AvgIpc) is 3.18. The Morgan fingerprint density at radius 1 is 1.00 bits per heavy atom. The van der Waals surface area contributed by atoms with Gasteiger partial charge in [0.2, 0.25) is 0 Å². The Bertz CT molecular complexity index is 881. The summed E-state index contributed by atoms with van der Waals surface area (Å²) in [6, 6.07) is 13.3. The zero-order chi connectivity index (χ0) is 19.4. The van der Waals surface area contributed by atoms with Crippen LogP contribution < -0.4 is 10.1 Å². The maximum absolute atomic E-state index is 12.6. The van der Waals surface area contributed by atoms with E-state index in [-0.39, 0.29) is 17.3 Å². The van der Waals surface area contributed by atoms with Crippen molar-refractivity contribution in [3.8, 4) is 5.75 Å². The van der Waals surface area contributed by atoms with Gasteiger partial charge in [-0.3, -0.25) is 4.79 Å². The lowest BCUT2D eigenvalue weighted by Gasteiger charge is -2.12. The summed E-state index contributed by atoms with van der Waals surface area (Å²) in [6.07, 6.45) is 3.48. The van der Waals surface area contributed by atoms with Gasteiger partial charge in [0.05, 0.1) is 16.2 Å². The molecule has 0 heterocycles. The van der Waals surface area contributed by atoms with Crippen LogP contribution in [0.25, 0.3) is 0 Å². The Labute approximate surface area is 160 Å². The Kier molecular flexibility index (Phi) is 5.85. The minimum absolute atomic E-state index is 0.0729. The number of nitrogens with one attached hydrogen (secondary N) is 1. The van der Waals surface area contributed by atoms with Crippen molar-refractivity contribution >= 4 is 21.4 Å². The number of amides is 1. The zero-order valence-corrected chi connectivity index (χ0v) is 16.5. The van der Waals surface area contributed by atoms with Crippen LogP contribution in [0.4, 0.5) is 5.69 Å². The van der Waals surface area contributed by atoms with E-state index in [1.807, 2.05) is 13.8 Å². The van der Waals surface area contributed by atoms with E-state index in [1.165, 1.54) is 0 Å². The van der Waals surface area contributed by atoms with E-state index in [9.17, 15) is 13.2 Å². The number of hydrogen-bond acceptors (Lipinski definition) is 4. The largest absolute Gasteiger partial charge is 0.491 e. The summed E-state index contributed by atoms with van der Waals surface area (Å²) in [5.74, 6) is 0.459. The monoisotopic (exact) mass is 387 g/mol. The lowest BCUT2D eigenvalue weighted by atomic mass is 10.2. The fraction of sp³-hybridized carbons (Fsp3) is 0.381. The highest BCUT2D eigenvalue weighted by atomic mass is 32.2. The molecule has 1 aliphatic carbocycles. The maximum atomic E-state index is 12.6. The summed E-state index contributed by atoms with van der Waals surface area (Å²) in [6.45, 7) is 3.88. The van der Waals surface area contributed by atoms with Crippen molar-refractivity contribution < 1.29 is 17.9 Å². The predicted molar refractivity (Wildman–Crippen MR) is 106 cm³/mol. The summed E-state index contributed by atoms with van der Waals surface area (Å²) in [7, 11) is -3.28. The molecule has 144 valence electrons. The van der Waals surface area contributed by atoms with Crippen molar-refractivity contribution in [1.82, 2.24) is 0 Å². The summed E-state index contributed by atoms with van der Waals surface area (Å²) >= 11 is 0. The number of benzene rings is 2. The first-order valence-electron chi connectivity index (χ1n) is 9.28. The third-order valence-electron chi connectivity index (χ3n) is 4.67. The molecule has 2 aromatic carbocycles. The van der Waals surface area contributed by atoms with Gasteiger partial charge in [0.1, 0.15) is 5.75 Å². The van der Waals surface area contributed by atoms with Gasteiger partial charge in [0.25, 0.3) is 5.91 Å². The van der Waals surface area contributed by atoms with Crippen molar-refractivity contribution in [2.24, 2.45) is 0 Å². The van der Waals surface area contributed by atoms with Crippen LogP contribution in [0, 0.1) is 0 Å². The molecule has 1 N–H and O–H groups in total. The minimum Gasteiger partial charge on any atom is -0.491 e. The molecule has 1 amide bonds. The Morgan fingerprint density at radius 2 is 1.59 bits per heavy atom. The SMILES string of the molecule is CC(C)Oc1ccc(C(=O)Nc2ccc(S(=O)(=O)C3CCCC3)cc2)cc1. The first-order chi connectivity index (χ1) is 12.9. The van der Waals surface area contributed by atoms with Gasteiger partial charge in [-0.15, -0.1) is 0 Å². The van der Waals surface area contributed by atoms with E-state index in [4.69, 9.17) is 4.74 Å². The fourth-order valence-corrected chi connectivity index (χ4v) is 5.13. The molecule has 27 heavy (non-hydrogen) atoms. The van der Waals surface area contributed by atoms with Gasteiger partial charge in [0.15, 0.2) is 9.84 Å². The van der Waals surface area contributed by atoms with E-state index in [2.05, 4.69) is 5.32 Å². The molecule has 3 rings (SSSR count). The predicted octanol–water partition coefficient (Wildman–Crippen LogP) is 4.44. The van der Waals surface area contributed by atoms with Crippen LogP contribution in [0.5, 0.6) is 5.75 Å². The topological polar surface area (TPSA) is 72.5 Å². The van der Waals surface area contributed by atoms with Crippen molar-refractivity contribution in [2.45, 2.75) is 55.8 Å². The Balaban J connectivity index is 1.66. The summed E-state index contributed by atoms with van der Waals surface area (Å²) in [5, 5.41) is 2.52. The highest BCUT2D eigenvalue weighted by molar-refractivity contribution is 7.92. The van der Waals surface area contributed by atoms with Gasteiger partial charge in [0, 0.05) is 11.3 Å². The standard InChI is InChI=1S/C21H25NO4S/c1-15(2)26-18-11-7-16(8-12-18)21(23)22-17-9-13-20(14-10-17)27(24,25)19-5-3-4-6-19/h7-15,19H,3-6H2,1-2H3,(H,22,23). The van der Waals surface area contributed by atoms with Crippen LogP contribution in [-0.2, 0) is 9.84 Å². The molecule has 0 aliphatic heterocycles. The van der Waals surface area contributed by atoms with Crippen LogP contribution in [0.3, 0.4) is 0 Å². The third kappa shape index (κ3) is 4.69. The molecule has 0 atom stereocenters. The fourth-order valence-electron chi connectivity index (χ4n) is 3.28. The molecular weight excluding hydrogens is 362 g/mol. The van der Waals surface area contributed by atoms with Crippen LogP contribution in [0.1, 0.15) is 49.9 Å². The van der Waals surface area contributed by atoms with Crippen LogP contribution in [-0.4, -0.2) is 25.7 Å². The lowest BCUT2D eigenvalue weighted by molar-refractivity contribution is 0.102. The number of anilines is 1. The number of ether oxygens (including phenoxy) is 1. The average molecular weight is 388 g/mol. The molecular formula is C21H25NO4S. The van der Waals surface area contributed by atoms with Crippen molar-refractivity contribution in [2.75, 3.05) is 5.32 Å². The first kappa shape index (κ1) is 19.4. The number of hydrogen-bond donors (Lipinski definition) is 1. The van der Waals surface area contributed by atoms with E-state index in [0.717, 1.165) is 25.7 Å². The molecule has 1 aliphatic rings.